The fourth-order valence-corrected chi connectivity index (χ4v) is 1.54. The van der Waals surface area contributed by atoms with Crippen molar-refractivity contribution in [1.82, 2.24) is 10.2 Å². The predicted octanol–water partition coefficient (Wildman–Crippen LogP) is 0.508. The second-order valence-electron chi connectivity index (χ2n) is 3.42. The van der Waals surface area contributed by atoms with Crippen LogP contribution in [-0.4, -0.2) is 41.2 Å². The van der Waals surface area contributed by atoms with Gasteiger partial charge in [-0.2, -0.15) is 0 Å². The summed E-state index contributed by atoms with van der Waals surface area (Å²) in [5.74, 6) is -0.124. The quantitative estimate of drug-likeness (QED) is 0.754. The van der Waals surface area contributed by atoms with Crippen molar-refractivity contribution in [3.05, 3.63) is 0 Å². The highest BCUT2D eigenvalue weighted by molar-refractivity contribution is 9.10. The first-order chi connectivity index (χ1) is 6.61. The van der Waals surface area contributed by atoms with Crippen LogP contribution in [0.1, 0.15) is 19.8 Å². The van der Waals surface area contributed by atoms with E-state index in [4.69, 9.17) is 0 Å². The normalized spacial score (nSPS) is 18.0. The molecule has 1 aliphatic rings. The summed E-state index contributed by atoms with van der Waals surface area (Å²) in [6.45, 7) is 3.52. The highest BCUT2D eigenvalue weighted by Gasteiger charge is 2.18. The summed E-state index contributed by atoms with van der Waals surface area (Å²) in [4.78, 5) is 24.2. The number of alkyl halides is 1. The van der Waals surface area contributed by atoms with E-state index in [9.17, 15) is 9.59 Å². The second kappa shape index (κ2) is 5.34. The summed E-state index contributed by atoms with van der Waals surface area (Å²) in [5, 5.41) is 2.58. The summed E-state index contributed by atoms with van der Waals surface area (Å²) in [6.07, 6.45) is 2.16. The lowest BCUT2D eigenvalue weighted by atomic mass is 10.4. The average Bonchev–Trinajstić information content (AvgIpc) is 2.66. The summed E-state index contributed by atoms with van der Waals surface area (Å²) in [7, 11) is 0. The number of carbonyl (C=O) groups is 2. The van der Waals surface area contributed by atoms with Crippen molar-refractivity contribution >= 4 is 27.7 Å². The van der Waals surface area contributed by atoms with Crippen LogP contribution in [0.5, 0.6) is 0 Å². The molecule has 4 nitrogen and oxygen atoms in total. The van der Waals surface area contributed by atoms with Crippen LogP contribution in [0.4, 0.5) is 0 Å². The van der Waals surface area contributed by atoms with E-state index in [1.165, 1.54) is 0 Å². The van der Waals surface area contributed by atoms with Crippen LogP contribution in [0.15, 0.2) is 0 Å². The third-order valence-electron chi connectivity index (χ3n) is 2.23. The van der Waals surface area contributed by atoms with Crippen LogP contribution in [0.3, 0.4) is 0 Å². The largest absolute Gasteiger partial charge is 0.346 e. The number of hydrogen-bond acceptors (Lipinski definition) is 2. The number of halogens is 1. The number of likely N-dealkylation sites (tertiary alicyclic amines) is 1. The Labute approximate surface area is 92.2 Å². The van der Waals surface area contributed by atoms with Gasteiger partial charge in [-0.1, -0.05) is 15.9 Å². The highest BCUT2D eigenvalue weighted by atomic mass is 79.9. The van der Waals surface area contributed by atoms with Gasteiger partial charge in [-0.15, -0.1) is 0 Å². The summed E-state index contributed by atoms with van der Waals surface area (Å²) >= 11 is 3.14. The topological polar surface area (TPSA) is 49.4 Å². The minimum absolute atomic E-state index is 0.0176. The lowest BCUT2D eigenvalue weighted by molar-refractivity contribution is -0.131. The SMILES string of the molecule is CC(Br)C(=O)NCC(=O)N1CCCC1. The molecule has 14 heavy (non-hydrogen) atoms. The maximum Gasteiger partial charge on any atom is 0.241 e. The van der Waals surface area contributed by atoms with Crippen LogP contribution in [0, 0.1) is 0 Å². The molecular weight excluding hydrogens is 248 g/mol. The first-order valence-corrected chi connectivity index (χ1v) is 5.72. The van der Waals surface area contributed by atoms with Gasteiger partial charge < -0.3 is 10.2 Å². The van der Waals surface area contributed by atoms with Crippen molar-refractivity contribution in [1.29, 1.82) is 0 Å². The maximum absolute atomic E-state index is 11.5. The molecule has 0 aromatic rings. The van der Waals surface area contributed by atoms with Crippen molar-refractivity contribution in [3.63, 3.8) is 0 Å². The Hall–Kier alpha value is -0.580. The number of carbonyl (C=O) groups excluding carboxylic acids is 2. The van der Waals surface area contributed by atoms with Crippen LogP contribution in [0.25, 0.3) is 0 Å². The molecule has 1 aliphatic heterocycles. The van der Waals surface area contributed by atoms with Crippen molar-refractivity contribution < 1.29 is 9.59 Å². The van der Waals surface area contributed by atoms with Crippen molar-refractivity contribution in [2.45, 2.75) is 24.6 Å². The van der Waals surface area contributed by atoms with Gasteiger partial charge >= 0.3 is 0 Å². The highest BCUT2D eigenvalue weighted by Crippen LogP contribution is 2.06. The Balaban J connectivity index is 2.23. The zero-order chi connectivity index (χ0) is 10.6. The van der Waals surface area contributed by atoms with E-state index in [2.05, 4.69) is 21.2 Å². The van der Waals surface area contributed by atoms with Gasteiger partial charge in [0, 0.05) is 13.1 Å². The molecule has 5 heteroatoms. The molecule has 1 fully saturated rings. The van der Waals surface area contributed by atoms with E-state index < -0.39 is 0 Å². The molecule has 0 radical (unpaired) electrons. The van der Waals surface area contributed by atoms with Gasteiger partial charge in [0.2, 0.25) is 11.8 Å². The number of nitrogens with one attached hydrogen (secondary N) is 1. The third-order valence-corrected chi connectivity index (χ3v) is 2.65. The molecule has 1 heterocycles. The molecule has 0 bridgehead atoms. The lowest BCUT2D eigenvalue weighted by Gasteiger charge is -2.15. The summed E-state index contributed by atoms with van der Waals surface area (Å²) < 4.78 is 0. The van der Waals surface area contributed by atoms with Gasteiger partial charge in [0.05, 0.1) is 11.4 Å². The van der Waals surface area contributed by atoms with Crippen molar-refractivity contribution in [3.8, 4) is 0 Å². The Kier molecular flexibility index (Phi) is 4.38. The van der Waals surface area contributed by atoms with Crippen LogP contribution >= 0.6 is 15.9 Å². The van der Waals surface area contributed by atoms with Gasteiger partial charge in [0.25, 0.3) is 0 Å². The van der Waals surface area contributed by atoms with Gasteiger partial charge in [-0.25, -0.2) is 0 Å². The Morgan fingerprint density at radius 2 is 2.00 bits per heavy atom. The standard InChI is InChI=1S/C9H15BrN2O2/c1-7(10)9(14)11-6-8(13)12-4-2-3-5-12/h7H,2-6H2,1H3,(H,11,14). The zero-order valence-electron chi connectivity index (χ0n) is 8.25. The van der Waals surface area contributed by atoms with Gasteiger partial charge in [0.15, 0.2) is 0 Å². The number of hydrogen-bond donors (Lipinski definition) is 1. The molecule has 0 saturated carbocycles. The number of nitrogens with zero attached hydrogens (tertiary/aromatic N) is 1. The van der Waals surface area contributed by atoms with Gasteiger partial charge in [-0.05, 0) is 19.8 Å². The van der Waals surface area contributed by atoms with E-state index in [1.54, 1.807) is 11.8 Å². The molecule has 1 unspecified atom stereocenters. The first kappa shape index (κ1) is 11.5. The van der Waals surface area contributed by atoms with Gasteiger partial charge in [0.1, 0.15) is 0 Å². The third kappa shape index (κ3) is 3.29. The minimum Gasteiger partial charge on any atom is -0.346 e. The predicted molar refractivity (Wildman–Crippen MR) is 57.2 cm³/mol. The molecule has 0 aromatic carbocycles. The van der Waals surface area contributed by atoms with E-state index in [-0.39, 0.29) is 23.2 Å². The fraction of sp³-hybridized carbons (Fsp3) is 0.778. The Morgan fingerprint density at radius 1 is 1.43 bits per heavy atom. The van der Waals surface area contributed by atoms with E-state index in [0.29, 0.717) is 0 Å². The molecule has 1 saturated heterocycles. The molecule has 80 valence electrons. The molecule has 0 spiro atoms. The minimum atomic E-state index is -0.242. The van der Waals surface area contributed by atoms with Gasteiger partial charge in [-0.3, -0.25) is 9.59 Å². The van der Waals surface area contributed by atoms with Crippen LogP contribution in [-0.2, 0) is 9.59 Å². The Morgan fingerprint density at radius 3 is 2.50 bits per heavy atom. The smallest absolute Gasteiger partial charge is 0.241 e. The summed E-state index contributed by atoms with van der Waals surface area (Å²) in [6, 6.07) is 0. The first-order valence-electron chi connectivity index (χ1n) is 4.81. The molecule has 1 rings (SSSR count). The fourth-order valence-electron chi connectivity index (χ4n) is 1.38. The van der Waals surface area contributed by atoms with E-state index in [0.717, 1.165) is 25.9 Å². The monoisotopic (exact) mass is 262 g/mol. The number of rotatable bonds is 3. The van der Waals surface area contributed by atoms with Crippen LogP contribution in [0.2, 0.25) is 0 Å². The Bertz CT molecular complexity index is 225. The van der Waals surface area contributed by atoms with Crippen LogP contribution < -0.4 is 5.32 Å². The van der Waals surface area contributed by atoms with Crippen molar-refractivity contribution in [2.24, 2.45) is 0 Å². The summed E-state index contributed by atoms with van der Waals surface area (Å²) in [5.41, 5.74) is 0. The molecular formula is C9H15BrN2O2. The molecule has 0 aliphatic carbocycles. The van der Waals surface area contributed by atoms with E-state index >= 15 is 0 Å². The lowest BCUT2D eigenvalue weighted by Crippen LogP contribution is -2.40. The maximum atomic E-state index is 11.5. The average molecular weight is 263 g/mol. The second-order valence-corrected chi connectivity index (χ2v) is 4.80. The van der Waals surface area contributed by atoms with E-state index in [1.807, 2.05) is 0 Å². The number of amides is 2. The zero-order valence-corrected chi connectivity index (χ0v) is 9.84. The molecule has 1 atom stereocenters. The molecule has 1 N–H and O–H groups in total. The molecule has 0 aromatic heterocycles. The van der Waals surface area contributed by atoms with Crippen molar-refractivity contribution in [2.75, 3.05) is 19.6 Å². The molecule has 2 amide bonds.